The normalized spacial score (nSPS) is 19.3. The van der Waals surface area contributed by atoms with Crippen molar-refractivity contribution in [3.8, 4) is 0 Å². The van der Waals surface area contributed by atoms with Crippen LogP contribution >= 0.6 is 12.6 Å². The Hall–Kier alpha value is -0.470. The summed E-state index contributed by atoms with van der Waals surface area (Å²) in [5.74, 6) is 2.41. The van der Waals surface area contributed by atoms with Gasteiger partial charge in [0.1, 0.15) is 0 Å². The molecule has 0 heterocycles. The first-order chi connectivity index (χ1) is 8.22. The Balaban J connectivity index is 1.95. The fourth-order valence-electron chi connectivity index (χ4n) is 2.45. The Bertz CT molecular complexity index is 334. The molecule has 0 amide bonds. The molecule has 2 atom stereocenters. The van der Waals surface area contributed by atoms with Crippen LogP contribution in [0.25, 0.3) is 0 Å². The molecule has 94 valence electrons. The molecule has 1 nitrogen and oxygen atoms in total. The van der Waals surface area contributed by atoms with Crippen LogP contribution in [-0.2, 0) is 0 Å². The number of hydrogen-bond acceptors (Lipinski definition) is 2. The maximum Gasteiger partial charge on any atom is 0.00924 e. The summed E-state index contributed by atoms with van der Waals surface area (Å²) in [4.78, 5) is 2.51. The van der Waals surface area contributed by atoms with Crippen molar-refractivity contribution < 1.29 is 0 Å². The molecule has 1 aliphatic rings. The highest BCUT2D eigenvalue weighted by molar-refractivity contribution is 7.80. The summed E-state index contributed by atoms with van der Waals surface area (Å²) in [5.41, 5.74) is 1.41. The van der Waals surface area contributed by atoms with E-state index in [-0.39, 0.29) is 0 Å². The van der Waals surface area contributed by atoms with Gasteiger partial charge in [-0.15, -0.1) is 0 Å². The molecular formula is C15H23NS. The van der Waals surface area contributed by atoms with Gasteiger partial charge in [-0.25, -0.2) is 0 Å². The van der Waals surface area contributed by atoms with E-state index in [1.54, 1.807) is 0 Å². The molecule has 0 bridgehead atoms. The zero-order chi connectivity index (χ0) is 12.3. The van der Waals surface area contributed by atoms with Gasteiger partial charge in [-0.05, 0) is 44.0 Å². The predicted molar refractivity (Wildman–Crippen MR) is 77.9 cm³/mol. The fraction of sp³-hybridized carbons (Fsp3) is 0.600. The van der Waals surface area contributed by atoms with Crippen molar-refractivity contribution in [1.82, 2.24) is 4.90 Å². The van der Waals surface area contributed by atoms with Crippen molar-refractivity contribution in [3.05, 3.63) is 35.9 Å². The van der Waals surface area contributed by atoms with E-state index in [1.807, 2.05) is 0 Å². The number of rotatable bonds is 6. The van der Waals surface area contributed by atoms with Crippen LogP contribution in [0.5, 0.6) is 0 Å². The topological polar surface area (TPSA) is 3.24 Å². The first-order valence-electron chi connectivity index (χ1n) is 6.58. The van der Waals surface area contributed by atoms with Gasteiger partial charge in [0.2, 0.25) is 0 Å². The monoisotopic (exact) mass is 249 g/mol. The van der Waals surface area contributed by atoms with E-state index in [0.717, 1.165) is 24.3 Å². The van der Waals surface area contributed by atoms with Crippen LogP contribution in [0, 0.1) is 5.92 Å². The Morgan fingerprint density at radius 1 is 1.29 bits per heavy atom. The lowest BCUT2D eigenvalue weighted by Gasteiger charge is -2.28. The molecule has 0 aromatic heterocycles. The average molecular weight is 249 g/mol. The van der Waals surface area contributed by atoms with E-state index in [0.29, 0.717) is 5.92 Å². The van der Waals surface area contributed by atoms with Crippen LogP contribution in [0.2, 0.25) is 0 Å². The van der Waals surface area contributed by atoms with Crippen molar-refractivity contribution in [2.75, 3.05) is 19.3 Å². The second-order valence-corrected chi connectivity index (χ2v) is 5.67. The molecule has 1 fully saturated rings. The van der Waals surface area contributed by atoms with Crippen molar-refractivity contribution in [2.45, 2.75) is 31.7 Å². The lowest BCUT2D eigenvalue weighted by atomic mass is 9.99. The van der Waals surface area contributed by atoms with E-state index < -0.39 is 0 Å². The highest BCUT2D eigenvalue weighted by atomic mass is 32.1. The molecule has 17 heavy (non-hydrogen) atoms. The molecule has 0 radical (unpaired) electrons. The molecule has 0 N–H and O–H groups in total. The molecular weight excluding hydrogens is 226 g/mol. The lowest BCUT2D eigenvalue weighted by Crippen LogP contribution is -2.34. The third kappa shape index (κ3) is 3.49. The summed E-state index contributed by atoms with van der Waals surface area (Å²) >= 11 is 4.51. The minimum Gasteiger partial charge on any atom is -0.303 e. The smallest absolute Gasteiger partial charge is 0.00924 e. The van der Waals surface area contributed by atoms with E-state index in [4.69, 9.17) is 0 Å². The molecule has 2 rings (SSSR count). The first kappa shape index (κ1) is 13.0. The number of hydrogen-bond donors (Lipinski definition) is 1. The van der Waals surface area contributed by atoms with Gasteiger partial charge in [0.15, 0.2) is 0 Å². The van der Waals surface area contributed by atoms with Crippen molar-refractivity contribution in [1.29, 1.82) is 0 Å². The van der Waals surface area contributed by atoms with Crippen molar-refractivity contribution in [2.24, 2.45) is 5.92 Å². The fourth-order valence-corrected chi connectivity index (χ4v) is 2.77. The molecule has 0 spiro atoms. The minimum atomic E-state index is 0.547. The first-order valence-corrected chi connectivity index (χ1v) is 7.21. The summed E-state index contributed by atoms with van der Waals surface area (Å²) in [6.07, 6.45) is 2.84. The quantitative estimate of drug-likeness (QED) is 0.756. The van der Waals surface area contributed by atoms with Crippen LogP contribution in [-0.4, -0.2) is 30.3 Å². The number of thiol groups is 1. The van der Waals surface area contributed by atoms with Crippen LogP contribution in [0.3, 0.4) is 0 Å². The molecule has 2 heteroatoms. The maximum absolute atomic E-state index is 4.51. The van der Waals surface area contributed by atoms with Gasteiger partial charge in [-0.3, -0.25) is 0 Å². The molecule has 1 aromatic carbocycles. The van der Waals surface area contributed by atoms with Crippen LogP contribution in [0.15, 0.2) is 30.3 Å². The minimum absolute atomic E-state index is 0.547. The largest absolute Gasteiger partial charge is 0.303 e. The van der Waals surface area contributed by atoms with E-state index >= 15 is 0 Å². The summed E-state index contributed by atoms with van der Waals surface area (Å²) in [5, 5.41) is 0. The summed E-state index contributed by atoms with van der Waals surface area (Å²) < 4.78 is 0. The number of likely N-dealkylation sites (N-methyl/N-ethyl adjacent to an activating group) is 1. The molecule has 0 saturated heterocycles. The Morgan fingerprint density at radius 3 is 2.47 bits per heavy atom. The number of nitrogens with zero attached hydrogens (tertiary/aromatic N) is 1. The molecule has 1 aromatic rings. The number of benzene rings is 1. The standard InChI is InChI=1S/C15H23NS/c1-12(13-8-9-13)16(2)10-15(11-17)14-6-4-3-5-7-14/h3-7,12-13,15,17H,8-11H2,1-2H3. The molecule has 2 unspecified atom stereocenters. The van der Waals surface area contributed by atoms with E-state index in [2.05, 4.69) is 61.8 Å². The predicted octanol–water partition coefficient (Wildman–Crippen LogP) is 3.43. The van der Waals surface area contributed by atoms with Gasteiger partial charge in [0, 0.05) is 18.5 Å². The van der Waals surface area contributed by atoms with E-state index in [1.165, 1.54) is 18.4 Å². The molecule has 1 aliphatic carbocycles. The Morgan fingerprint density at radius 2 is 1.94 bits per heavy atom. The van der Waals surface area contributed by atoms with Gasteiger partial charge in [0.25, 0.3) is 0 Å². The highest BCUT2D eigenvalue weighted by Gasteiger charge is 2.31. The van der Waals surface area contributed by atoms with Gasteiger partial charge < -0.3 is 4.90 Å². The highest BCUT2D eigenvalue weighted by Crippen LogP contribution is 2.35. The molecule has 0 aliphatic heterocycles. The lowest BCUT2D eigenvalue weighted by molar-refractivity contribution is 0.225. The van der Waals surface area contributed by atoms with Crippen LogP contribution < -0.4 is 0 Å². The SMILES string of the molecule is CC(C1CC1)N(C)CC(CS)c1ccccc1. The zero-order valence-electron chi connectivity index (χ0n) is 10.8. The zero-order valence-corrected chi connectivity index (χ0v) is 11.7. The third-order valence-electron chi connectivity index (χ3n) is 4.00. The van der Waals surface area contributed by atoms with Crippen molar-refractivity contribution >= 4 is 12.6 Å². The second-order valence-electron chi connectivity index (χ2n) is 5.31. The second kappa shape index (κ2) is 5.92. The van der Waals surface area contributed by atoms with Crippen LogP contribution in [0.1, 0.15) is 31.2 Å². The summed E-state index contributed by atoms with van der Waals surface area (Å²) in [6, 6.07) is 11.5. The van der Waals surface area contributed by atoms with Crippen LogP contribution in [0.4, 0.5) is 0 Å². The van der Waals surface area contributed by atoms with Gasteiger partial charge in [-0.1, -0.05) is 30.3 Å². The Labute approximate surface area is 111 Å². The van der Waals surface area contributed by atoms with Crippen molar-refractivity contribution in [3.63, 3.8) is 0 Å². The van der Waals surface area contributed by atoms with Gasteiger partial charge in [-0.2, -0.15) is 12.6 Å². The average Bonchev–Trinajstić information content (AvgIpc) is 3.20. The third-order valence-corrected chi connectivity index (χ3v) is 4.44. The van der Waals surface area contributed by atoms with Gasteiger partial charge in [0.05, 0.1) is 0 Å². The molecule has 1 saturated carbocycles. The van der Waals surface area contributed by atoms with Gasteiger partial charge >= 0.3 is 0 Å². The summed E-state index contributed by atoms with van der Waals surface area (Å²) in [6.45, 7) is 3.48. The summed E-state index contributed by atoms with van der Waals surface area (Å²) in [7, 11) is 2.25. The Kier molecular flexibility index (Phi) is 4.52. The van der Waals surface area contributed by atoms with E-state index in [9.17, 15) is 0 Å². The maximum atomic E-state index is 4.51.